The second-order valence-corrected chi connectivity index (χ2v) is 3.61. The highest BCUT2D eigenvalue weighted by atomic mass is 14.9. The molecule has 0 fully saturated rings. The van der Waals surface area contributed by atoms with Gasteiger partial charge in [0, 0.05) is 25.0 Å². The first kappa shape index (κ1) is 9.03. The average Bonchev–Trinajstić information content (AvgIpc) is 2.72. The standard InChI is InChI=1S/C12H10N4/c1-2-9(7-13-4-1)6-12-15-10-3-5-14-8-11(10)16-12/h1-5,7-8H,6H2,(H,15,16). The van der Waals surface area contributed by atoms with Crippen molar-refractivity contribution in [2.24, 2.45) is 0 Å². The molecule has 3 rings (SSSR count). The monoisotopic (exact) mass is 210 g/mol. The first-order valence-electron chi connectivity index (χ1n) is 5.09. The molecular weight excluding hydrogens is 200 g/mol. The lowest BCUT2D eigenvalue weighted by molar-refractivity contribution is 1.02. The summed E-state index contributed by atoms with van der Waals surface area (Å²) in [6.07, 6.45) is 7.92. The Bertz CT molecular complexity index is 567. The van der Waals surface area contributed by atoms with Gasteiger partial charge in [0.1, 0.15) is 5.82 Å². The van der Waals surface area contributed by atoms with Crippen molar-refractivity contribution in [1.82, 2.24) is 19.9 Å². The Labute approximate surface area is 92.4 Å². The van der Waals surface area contributed by atoms with Crippen LogP contribution in [-0.2, 0) is 6.42 Å². The lowest BCUT2D eigenvalue weighted by Crippen LogP contribution is -1.90. The van der Waals surface area contributed by atoms with E-state index in [4.69, 9.17) is 0 Å². The van der Waals surface area contributed by atoms with Gasteiger partial charge >= 0.3 is 0 Å². The second-order valence-electron chi connectivity index (χ2n) is 3.61. The lowest BCUT2D eigenvalue weighted by Gasteiger charge is -1.95. The molecular formula is C12H10N4. The summed E-state index contributed by atoms with van der Waals surface area (Å²) in [5.41, 5.74) is 3.07. The molecule has 0 aromatic carbocycles. The van der Waals surface area contributed by atoms with Gasteiger partial charge in [0.05, 0.1) is 17.2 Å². The number of H-pyrrole nitrogens is 1. The average molecular weight is 210 g/mol. The zero-order valence-corrected chi connectivity index (χ0v) is 8.59. The van der Waals surface area contributed by atoms with E-state index in [2.05, 4.69) is 19.9 Å². The number of aromatic amines is 1. The van der Waals surface area contributed by atoms with E-state index in [1.165, 1.54) is 0 Å². The molecule has 0 aliphatic rings. The van der Waals surface area contributed by atoms with Crippen LogP contribution in [0.5, 0.6) is 0 Å². The number of hydrogen-bond donors (Lipinski definition) is 1. The molecule has 0 unspecified atom stereocenters. The Hall–Kier alpha value is -2.23. The Kier molecular flexibility index (Phi) is 2.11. The third-order valence-electron chi connectivity index (χ3n) is 2.43. The molecule has 3 aromatic heterocycles. The molecule has 3 heterocycles. The predicted octanol–water partition coefficient (Wildman–Crippen LogP) is 1.94. The molecule has 3 aromatic rings. The van der Waals surface area contributed by atoms with Crippen LogP contribution >= 0.6 is 0 Å². The SMILES string of the molecule is c1cncc(Cc2nc3ccncc3[nH]2)c1. The fourth-order valence-corrected chi connectivity index (χ4v) is 1.69. The predicted molar refractivity (Wildman–Crippen MR) is 60.9 cm³/mol. The quantitative estimate of drug-likeness (QED) is 0.703. The van der Waals surface area contributed by atoms with Gasteiger partial charge in [-0.1, -0.05) is 6.07 Å². The van der Waals surface area contributed by atoms with Crippen LogP contribution in [0, 0.1) is 0 Å². The van der Waals surface area contributed by atoms with Crippen LogP contribution in [0.25, 0.3) is 11.0 Å². The van der Waals surface area contributed by atoms with E-state index in [-0.39, 0.29) is 0 Å². The zero-order valence-electron chi connectivity index (χ0n) is 8.59. The maximum Gasteiger partial charge on any atom is 0.111 e. The van der Waals surface area contributed by atoms with Crippen molar-refractivity contribution in [3.63, 3.8) is 0 Å². The summed E-state index contributed by atoms with van der Waals surface area (Å²) < 4.78 is 0. The molecule has 16 heavy (non-hydrogen) atoms. The smallest absolute Gasteiger partial charge is 0.111 e. The van der Waals surface area contributed by atoms with Gasteiger partial charge in [0.25, 0.3) is 0 Å². The number of nitrogens with zero attached hydrogens (tertiary/aromatic N) is 3. The number of nitrogens with one attached hydrogen (secondary N) is 1. The Morgan fingerprint density at radius 3 is 2.81 bits per heavy atom. The summed E-state index contributed by atoms with van der Waals surface area (Å²) >= 11 is 0. The second kappa shape index (κ2) is 3.73. The van der Waals surface area contributed by atoms with E-state index in [0.29, 0.717) is 0 Å². The molecule has 0 atom stereocenters. The topological polar surface area (TPSA) is 54.5 Å². The summed E-state index contributed by atoms with van der Waals surface area (Å²) in [6.45, 7) is 0. The largest absolute Gasteiger partial charge is 0.340 e. The summed E-state index contributed by atoms with van der Waals surface area (Å²) in [5, 5.41) is 0. The van der Waals surface area contributed by atoms with Crippen molar-refractivity contribution < 1.29 is 0 Å². The van der Waals surface area contributed by atoms with E-state index >= 15 is 0 Å². The number of fused-ring (bicyclic) bond motifs is 1. The number of pyridine rings is 2. The molecule has 0 radical (unpaired) electrons. The zero-order chi connectivity index (χ0) is 10.8. The number of hydrogen-bond acceptors (Lipinski definition) is 3. The van der Waals surface area contributed by atoms with E-state index < -0.39 is 0 Å². The fraction of sp³-hybridized carbons (Fsp3) is 0.0833. The van der Waals surface area contributed by atoms with Crippen molar-refractivity contribution in [1.29, 1.82) is 0 Å². The summed E-state index contributed by atoms with van der Waals surface area (Å²) in [5.74, 6) is 0.941. The van der Waals surface area contributed by atoms with Crippen molar-refractivity contribution in [2.75, 3.05) is 0 Å². The molecule has 0 aliphatic carbocycles. The van der Waals surface area contributed by atoms with Crippen LogP contribution in [0.3, 0.4) is 0 Å². The van der Waals surface area contributed by atoms with Crippen molar-refractivity contribution in [3.8, 4) is 0 Å². The van der Waals surface area contributed by atoms with Crippen molar-refractivity contribution in [3.05, 3.63) is 54.4 Å². The molecule has 1 N–H and O–H groups in total. The molecule has 4 heteroatoms. The van der Waals surface area contributed by atoms with Gasteiger partial charge in [-0.2, -0.15) is 0 Å². The molecule has 0 amide bonds. The van der Waals surface area contributed by atoms with Gasteiger partial charge in [-0.25, -0.2) is 4.98 Å². The minimum Gasteiger partial charge on any atom is -0.340 e. The molecule has 0 bridgehead atoms. The van der Waals surface area contributed by atoms with E-state index in [0.717, 1.165) is 28.8 Å². The number of rotatable bonds is 2. The molecule has 0 saturated carbocycles. The molecule has 78 valence electrons. The minimum absolute atomic E-state index is 0.766. The van der Waals surface area contributed by atoms with Crippen molar-refractivity contribution >= 4 is 11.0 Å². The highest BCUT2D eigenvalue weighted by molar-refractivity contribution is 5.73. The van der Waals surface area contributed by atoms with Crippen LogP contribution in [0.1, 0.15) is 11.4 Å². The van der Waals surface area contributed by atoms with Crippen LogP contribution in [0.2, 0.25) is 0 Å². The van der Waals surface area contributed by atoms with Crippen molar-refractivity contribution in [2.45, 2.75) is 6.42 Å². The normalized spacial score (nSPS) is 10.8. The van der Waals surface area contributed by atoms with Crippen LogP contribution in [-0.4, -0.2) is 19.9 Å². The highest BCUT2D eigenvalue weighted by Crippen LogP contribution is 2.11. The van der Waals surface area contributed by atoms with Crippen LogP contribution in [0.4, 0.5) is 0 Å². The van der Waals surface area contributed by atoms with E-state index in [1.807, 2.05) is 24.4 Å². The Morgan fingerprint density at radius 2 is 2.00 bits per heavy atom. The Balaban J connectivity index is 1.95. The van der Waals surface area contributed by atoms with Gasteiger partial charge in [-0.3, -0.25) is 9.97 Å². The lowest BCUT2D eigenvalue weighted by atomic mass is 10.2. The van der Waals surface area contributed by atoms with Gasteiger partial charge in [0.15, 0.2) is 0 Å². The summed E-state index contributed by atoms with van der Waals surface area (Å²) in [4.78, 5) is 15.9. The highest BCUT2D eigenvalue weighted by Gasteiger charge is 2.02. The molecule has 0 saturated heterocycles. The first-order chi connectivity index (χ1) is 7.92. The minimum atomic E-state index is 0.766. The number of aromatic nitrogens is 4. The van der Waals surface area contributed by atoms with E-state index in [1.54, 1.807) is 18.6 Å². The first-order valence-corrected chi connectivity index (χ1v) is 5.09. The molecule has 0 aliphatic heterocycles. The van der Waals surface area contributed by atoms with Gasteiger partial charge in [-0.15, -0.1) is 0 Å². The van der Waals surface area contributed by atoms with E-state index in [9.17, 15) is 0 Å². The maximum atomic E-state index is 4.48. The van der Waals surface area contributed by atoms with Crippen LogP contribution in [0.15, 0.2) is 43.0 Å². The summed E-state index contributed by atoms with van der Waals surface area (Å²) in [6, 6.07) is 5.87. The number of imidazole rings is 1. The summed E-state index contributed by atoms with van der Waals surface area (Å²) in [7, 11) is 0. The third-order valence-corrected chi connectivity index (χ3v) is 2.43. The van der Waals surface area contributed by atoms with Gasteiger partial charge < -0.3 is 4.98 Å². The molecule has 0 spiro atoms. The van der Waals surface area contributed by atoms with Gasteiger partial charge in [0.2, 0.25) is 0 Å². The third kappa shape index (κ3) is 1.65. The fourth-order valence-electron chi connectivity index (χ4n) is 1.69. The van der Waals surface area contributed by atoms with Crippen LogP contribution < -0.4 is 0 Å². The maximum absolute atomic E-state index is 4.48. The Morgan fingerprint density at radius 1 is 1.06 bits per heavy atom. The van der Waals surface area contributed by atoms with Gasteiger partial charge in [-0.05, 0) is 17.7 Å². The molecule has 4 nitrogen and oxygen atoms in total.